The lowest BCUT2D eigenvalue weighted by Gasteiger charge is -2.19. The number of nitrogens with one attached hydrogen (secondary N) is 1. The summed E-state index contributed by atoms with van der Waals surface area (Å²) in [5, 5.41) is 3.07. The van der Waals surface area contributed by atoms with Crippen LogP contribution >= 0.6 is 0 Å². The number of aryl methyl sites for hydroxylation is 1. The molecule has 0 fully saturated rings. The Kier molecular flexibility index (Phi) is 4.79. The third kappa shape index (κ3) is 3.75. The summed E-state index contributed by atoms with van der Waals surface area (Å²) in [6, 6.07) is 4.43. The molecule has 1 aliphatic rings. The van der Waals surface area contributed by atoms with Gasteiger partial charge in [-0.3, -0.25) is 9.00 Å². The van der Waals surface area contributed by atoms with Gasteiger partial charge in [0.25, 0.3) is 0 Å². The normalized spacial score (nSPS) is 16.4. The predicted molar refractivity (Wildman–Crippen MR) is 98.3 cm³/mol. The Bertz CT molecular complexity index is 909. The molecule has 1 amide bonds. The molecule has 1 aromatic carbocycles. The average molecular weight is 376 g/mol. The number of halogens is 1. The second-order valence-electron chi connectivity index (χ2n) is 7.30. The van der Waals surface area contributed by atoms with Gasteiger partial charge in [0.1, 0.15) is 16.5 Å². The molecule has 0 aliphatic carbocycles. The highest BCUT2D eigenvalue weighted by Crippen LogP contribution is 2.32. The molecule has 2 heterocycles. The molecule has 1 aromatic heterocycles. The molecule has 0 spiro atoms. The van der Waals surface area contributed by atoms with Crippen LogP contribution in [0.4, 0.5) is 15.9 Å². The molecule has 3 rings (SSSR count). The molecule has 1 aliphatic heterocycles. The molecule has 1 atom stereocenters. The molecule has 0 bridgehead atoms. The number of aromatic nitrogens is 2. The average Bonchev–Trinajstić information content (AvgIpc) is 2.90. The number of amides is 1. The maximum Gasteiger partial charge on any atom is 0.221 e. The number of benzene rings is 1. The quantitative estimate of drug-likeness (QED) is 0.854. The van der Waals surface area contributed by atoms with Crippen molar-refractivity contribution < 1.29 is 13.4 Å². The Morgan fingerprint density at radius 1 is 1.35 bits per heavy atom. The van der Waals surface area contributed by atoms with Crippen LogP contribution in [0.1, 0.15) is 37.9 Å². The monoisotopic (exact) mass is 376 g/mol. The van der Waals surface area contributed by atoms with Crippen molar-refractivity contribution in [2.45, 2.75) is 43.9 Å². The molecule has 1 unspecified atom stereocenters. The number of nitrogens with zero attached hydrogens (tertiary/aromatic N) is 2. The summed E-state index contributed by atoms with van der Waals surface area (Å²) < 4.78 is 26.5. The van der Waals surface area contributed by atoms with Crippen molar-refractivity contribution in [1.82, 2.24) is 9.97 Å². The van der Waals surface area contributed by atoms with Gasteiger partial charge in [-0.25, -0.2) is 14.4 Å². The summed E-state index contributed by atoms with van der Waals surface area (Å²) in [5.74, 6) is 0.472. The van der Waals surface area contributed by atoms with Crippen LogP contribution in [0.2, 0.25) is 0 Å². The second kappa shape index (κ2) is 6.75. The van der Waals surface area contributed by atoms with Gasteiger partial charge < -0.3 is 11.1 Å². The van der Waals surface area contributed by atoms with Crippen molar-refractivity contribution in [2.24, 2.45) is 5.73 Å². The minimum atomic E-state index is -1.18. The Morgan fingerprint density at radius 3 is 2.69 bits per heavy atom. The summed E-state index contributed by atoms with van der Waals surface area (Å²) in [6.45, 7) is 6.01. The third-order valence-electron chi connectivity index (χ3n) is 4.04. The summed E-state index contributed by atoms with van der Waals surface area (Å²) in [7, 11) is -1.18. The maximum atomic E-state index is 14.2. The Labute approximate surface area is 153 Å². The first-order valence-electron chi connectivity index (χ1n) is 8.28. The molecule has 2 aromatic rings. The van der Waals surface area contributed by atoms with Gasteiger partial charge in [-0.15, -0.1) is 0 Å². The summed E-state index contributed by atoms with van der Waals surface area (Å²) in [4.78, 5) is 20.7. The second-order valence-corrected chi connectivity index (χ2v) is 8.80. The van der Waals surface area contributed by atoms with Crippen molar-refractivity contribution >= 4 is 28.2 Å². The topological polar surface area (TPSA) is 98.0 Å². The Balaban J connectivity index is 1.99. The number of anilines is 2. The first kappa shape index (κ1) is 18.4. The largest absolute Gasteiger partial charge is 0.369 e. The lowest BCUT2D eigenvalue weighted by atomic mass is 9.95. The van der Waals surface area contributed by atoms with Gasteiger partial charge in [0, 0.05) is 23.3 Å². The van der Waals surface area contributed by atoms with E-state index in [0.717, 1.165) is 5.69 Å². The number of carbonyl (C=O) groups is 1. The number of fused-ring (bicyclic) bond motifs is 1. The molecule has 0 radical (unpaired) electrons. The Hall–Kier alpha value is -2.35. The van der Waals surface area contributed by atoms with Gasteiger partial charge in [-0.05, 0) is 17.7 Å². The van der Waals surface area contributed by atoms with Crippen LogP contribution in [0, 0.1) is 5.82 Å². The maximum absolute atomic E-state index is 14.2. The fourth-order valence-corrected chi connectivity index (χ4v) is 4.02. The molecule has 138 valence electrons. The lowest BCUT2D eigenvalue weighted by molar-refractivity contribution is -0.117. The molecular weight excluding hydrogens is 355 g/mol. The zero-order valence-electron chi connectivity index (χ0n) is 14.9. The summed E-state index contributed by atoms with van der Waals surface area (Å²) in [5.41, 5.74) is 6.31. The molecule has 8 heteroatoms. The minimum absolute atomic E-state index is 0.160. The molecule has 0 saturated carbocycles. The van der Waals surface area contributed by atoms with Crippen LogP contribution in [-0.4, -0.2) is 25.8 Å². The van der Waals surface area contributed by atoms with E-state index in [4.69, 9.17) is 5.73 Å². The number of nitrogens with two attached hydrogens (primary N) is 1. The number of rotatable bonds is 4. The van der Waals surface area contributed by atoms with Crippen LogP contribution in [0.15, 0.2) is 23.1 Å². The van der Waals surface area contributed by atoms with Crippen molar-refractivity contribution in [3.8, 4) is 0 Å². The molecule has 3 N–H and O–H groups in total. The highest BCUT2D eigenvalue weighted by molar-refractivity contribution is 7.85. The van der Waals surface area contributed by atoms with Crippen LogP contribution < -0.4 is 11.1 Å². The van der Waals surface area contributed by atoms with E-state index in [1.165, 1.54) is 12.1 Å². The van der Waals surface area contributed by atoms with Crippen molar-refractivity contribution in [2.75, 3.05) is 11.1 Å². The van der Waals surface area contributed by atoms with Crippen molar-refractivity contribution in [3.05, 3.63) is 41.1 Å². The fourth-order valence-electron chi connectivity index (χ4n) is 2.71. The van der Waals surface area contributed by atoms with E-state index in [1.54, 1.807) is 6.07 Å². The number of carbonyl (C=O) groups excluding carboxylic acids is 1. The van der Waals surface area contributed by atoms with Crippen molar-refractivity contribution in [1.29, 1.82) is 0 Å². The van der Waals surface area contributed by atoms with E-state index in [1.807, 2.05) is 20.8 Å². The molecular formula is C18H21FN4O2S. The molecule has 26 heavy (non-hydrogen) atoms. The highest BCUT2D eigenvalue weighted by Gasteiger charge is 2.29. The fraction of sp³-hybridized carbons (Fsp3) is 0.389. The first-order chi connectivity index (χ1) is 12.1. The van der Waals surface area contributed by atoms with Crippen LogP contribution in [0.25, 0.3) is 0 Å². The number of primary amides is 1. The molecule has 0 saturated heterocycles. The van der Waals surface area contributed by atoms with Gasteiger partial charge in [-0.1, -0.05) is 26.8 Å². The smallest absolute Gasteiger partial charge is 0.221 e. The van der Waals surface area contributed by atoms with Gasteiger partial charge in [0.15, 0.2) is 5.82 Å². The zero-order valence-corrected chi connectivity index (χ0v) is 15.7. The van der Waals surface area contributed by atoms with E-state index in [0.29, 0.717) is 34.4 Å². The van der Waals surface area contributed by atoms with E-state index < -0.39 is 22.5 Å². The zero-order chi connectivity index (χ0) is 19.1. The SMILES string of the molecule is CC(C)(C)c1nc2c(c(Nc3ccc(CC(N)=O)c(F)c3)n1)S(=O)CC2. The predicted octanol–water partition coefficient (Wildman–Crippen LogP) is 2.35. The third-order valence-corrected chi connectivity index (χ3v) is 5.50. The Morgan fingerprint density at radius 2 is 2.08 bits per heavy atom. The van der Waals surface area contributed by atoms with E-state index >= 15 is 0 Å². The van der Waals surface area contributed by atoms with Crippen molar-refractivity contribution in [3.63, 3.8) is 0 Å². The van der Waals surface area contributed by atoms with Crippen LogP contribution in [0.3, 0.4) is 0 Å². The lowest BCUT2D eigenvalue weighted by Crippen LogP contribution is -2.18. The van der Waals surface area contributed by atoms with E-state index in [9.17, 15) is 13.4 Å². The van der Waals surface area contributed by atoms with E-state index in [2.05, 4.69) is 15.3 Å². The van der Waals surface area contributed by atoms with Gasteiger partial charge >= 0.3 is 0 Å². The van der Waals surface area contributed by atoms with Gasteiger partial charge in [0.05, 0.1) is 22.9 Å². The van der Waals surface area contributed by atoms with Crippen LogP contribution in [-0.2, 0) is 33.9 Å². The number of hydrogen-bond donors (Lipinski definition) is 2. The van der Waals surface area contributed by atoms with Gasteiger partial charge in [-0.2, -0.15) is 0 Å². The van der Waals surface area contributed by atoms with Gasteiger partial charge in [0.2, 0.25) is 5.91 Å². The van der Waals surface area contributed by atoms with E-state index in [-0.39, 0.29) is 17.4 Å². The summed E-state index contributed by atoms with van der Waals surface area (Å²) in [6.07, 6.45) is 0.474. The molecule has 6 nitrogen and oxygen atoms in total. The minimum Gasteiger partial charge on any atom is -0.369 e. The number of hydrogen-bond acceptors (Lipinski definition) is 5. The highest BCUT2D eigenvalue weighted by atomic mass is 32.2. The standard InChI is InChI=1S/C18H21FN4O2S/c1-18(2,3)17-22-13-6-7-26(25)15(13)16(23-17)21-11-5-4-10(8-14(20)24)12(19)9-11/h4-5,9H,6-8H2,1-3H3,(H2,20,24)(H,21,22,23). The first-order valence-corrected chi connectivity index (χ1v) is 9.60. The summed E-state index contributed by atoms with van der Waals surface area (Å²) >= 11 is 0. The van der Waals surface area contributed by atoms with Crippen LogP contribution in [0.5, 0.6) is 0 Å².